The molecule has 618 valence electrons. The van der Waals surface area contributed by atoms with E-state index in [0.29, 0.717) is 77.0 Å². The number of rotatable bonds is 21. The molecule has 0 bridgehead atoms. The number of hydrogen-bond donors (Lipinski definition) is 7. The highest BCUT2D eigenvalue weighted by molar-refractivity contribution is 6.30. The average Bonchev–Trinajstić information content (AvgIpc) is 1.63. The van der Waals surface area contributed by atoms with E-state index in [1.807, 2.05) is 121 Å². The highest BCUT2D eigenvalue weighted by Gasteiger charge is 2.33. The van der Waals surface area contributed by atoms with Gasteiger partial charge in [0.25, 0.3) is 0 Å². The van der Waals surface area contributed by atoms with Crippen LogP contribution in [0.1, 0.15) is 101 Å². The van der Waals surface area contributed by atoms with Crippen LogP contribution in [0.3, 0.4) is 0 Å². The first-order chi connectivity index (χ1) is 57.7. The number of carbonyl (C=O) groups excluding carboxylic acids is 4. The summed E-state index contributed by atoms with van der Waals surface area (Å²) in [4.78, 5) is 88.1. The molecule has 12 aromatic rings. The highest BCUT2D eigenvalue weighted by atomic mass is 35.5. The van der Waals surface area contributed by atoms with E-state index in [9.17, 15) is 24.3 Å². The van der Waals surface area contributed by atoms with E-state index in [1.165, 1.54) is 43.5 Å². The molecule has 34 heteroatoms. The number of halogens is 1. The highest BCUT2D eigenvalue weighted by Crippen LogP contribution is 2.41. The third-order valence-corrected chi connectivity index (χ3v) is 21.8. The van der Waals surface area contributed by atoms with Crippen LogP contribution in [0.4, 0.5) is 23.3 Å². The van der Waals surface area contributed by atoms with E-state index in [4.69, 9.17) is 69.1 Å². The van der Waals surface area contributed by atoms with Crippen molar-refractivity contribution in [2.45, 2.75) is 113 Å². The number of likely N-dealkylation sites (tertiary alicyclic amines) is 2. The summed E-state index contributed by atoms with van der Waals surface area (Å²) in [6, 6.07) is 30.4. The monoisotopic (exact) mass is 1630 g/mol. The van der Waals surface area contributed by atoms with E-state index >= 15 is 0 Å². The number of ether oxygens (including phenoxy) is 3. The van der Waals surface area contributed by atoms with Crippen molar-refractivity contribution >= 4 is 103 Å². The first-order valence-electron chi connectivity index (χ1n) is 39.5. The van der Waals surface area contributed by atoms with E-state index < -0.39 is 0 Å². The minimum absolute atomic E-state index is 0.0101. The first kappa shape index (κ1) is 83.7. The second-order valence-corrected chi connectivity index (χ2v) is 30.1. The van der Waals surface area contributed by atoms with Crippen molar-refractivity contribution < 1.29 is 38.5 Å². The summed E-state index contributed by atoms with van der Waals surface area (Å²) >= 11 is 6.02. The molecule has 119 heavy (non-hydrogen) atoms. The number of carbonyl (C=O) groups is 4. The Balaban J connectivity index is 0.000000138. The lowest BCUT2D eigenvalue weighted by atomic mass is 9.91. The molecular formula is C85H98ClN25O8. The van der Waals surface area contributed by atoms with Crippen LogP contribution in [0.25, 0.3) is 89.2 Å². The van der Waals surface area contributed by atoms with E-state index in [0.717, 1.165) is 175 Å². The van der Waals surface area contributed by atoms with Gasteiger partial charge >= 0.3 is 0 Å². The van der Waals surface area contributed by atoms with Crippen molar-refractivity contribution in [3.8, 4) is 62.3 Å². The molecule has 4 amide bonds. The van der Waals surface area contributed by atoms with E-state index in [1.54, 1.807) is 49.5 Å². The van der Waals surface area contributed by atoms with Gasteiger partial charge < -0.3 is 67.6 Å². The lowest BCUT2D eigenvalue weighted by Crippen LogP contribution is -2.40. The number of anilines is 4. The molecule has 33 nitrogen and oxygen atoms in total. The van der Waals surface area contributed by atoms with Gasteiger partial charge in [0.1, 0.15) is 95.2 Å². The maximum Gasteiger partial charge on any atom is 0.246 e. The molecule has 11 N–H and O–H groups in total. The molecule has 16 rings (SSSR count). The van der Waals surface area contributed by atoms with Crippen molar-refractivity contribution in [3.05, 3.63) is 178 Å². The number of amides is 4. The fourth-order valence-electron chi connectivity index (χ4n) is 15.5. The van der Waals surface area contributed by atoms with Gasteiger partial charge in [0.05, 0.1) is 59.4 Å². The number of nitrogen functional groups attached to an aromatic ring is 4. The van der Waals surface area contributed by atoms with Crippen LogP contribution in [-0.2, 0) is 23.9 Å². The van der Waals surface area contributed by atoms with Gasteiger partial charge in [0, 0.05) is 85.3 Å². The number of fused-ring (bicyclic) bond motifs is 4. The van der Waals surface area contributed by atoms with E-state index in [2.05, 4.69) is 70.2 Å². The minimum atomic E-state index is -0.129. The number of benzene rings is 4. The van der Waals surface area contributed by atoms with Crippen LogP contribution >= 0.6 is 11.6 Å². The summed E-state index contributed by atoms with van der Waals surface area (Å²) in [5, 5.41) is 38.7. The molecule has 2 aliphatic heterocycles. The molecule has 10 heterocycles. The zero-order valence-corrected chi connectivity index (χ0v) is 67.7. The van der Waals surface area contributed by atoms with Crippen molar-refractivity contribution in [2.24, 2.45) is 0 Å². The van der Waals surface area contributed by atoms with Gasteiger partial charge in [0.15, 0.2) is 22.6 Å². The standard InChI is InChI=1S/C23H28N6O3.C22H27N7O2.C20H21ClN6O.C20H22N6O2/c1-3-19(30)27-16-6-8-17(9-7-16)29-23-20(22(24)25-14-26-23)21(28-29)15-4-10-18(11-5-15)32-13-12-31-2;1-27(2)11-4-6-18(31)28-12-3-5-16(13-28)29-22-19(21(23)24-14-25-22)20(26-29)15-7-9-17(30)10-8-15;1-2-16(28)25-14-7-9-15(10-8-14)27-20-17(19(22)23-11-24-20)18(26-27)12-3-5-13(21)6-4-12;1-3-16(27)25-10-4-5-14(11-25)26-20-17(19(21)22-12-23-20)18(24-26)13-6-8-15(28-2)9-7-13/h3-5,10-11,14,16-17H,1,6-9,12-13H2,2H3,(H,27,30)(H2,24,25,26);4,6-10,14,16,30H,3,5,11-13H2,1-2H3,(H2,23,24,25);2-6,11,14-15H,1,7-10H2,(H,25,28)(H2,22,23,24);3,6-9,12,14H,1,4-5,10-11H2,2H3,(H2,21,22,23)/b;6-4+;;/t;16-;;14-/m.1.1/s1. The zero-order chi connectivity index (χ0) is 83.8. The number of likely N-dealkylation sites (N-methyl/N-ethyl adjacent to an activating group) is 1. The lowest BCUT2D eigenvalue weighted by Gasteiger charge is -2.32. The molecule has 8 aromatic heterocycles. The number of phenols is 1. The Hall–Kier alpha value is -13.3. The Bertz CT molecular complexity index is 5620. The second kappa shape index (κ2) is 38.7. The van der Waals surface area contributed by atoms with Crippen molar-refractivity contribution in [1.82, 2.24) is 104 Å². The summed E-state index contributed by atoms with van der Waals surface area (Å²) in [6.07, 6.45) is 23.9. The van der Waals surface area contributed by atoms with Gasteiger partial charge in [-0.15, -0.1) is 0 Å². The molecule has 4 fully saturated rings. The predicted molar refractivity (Wildman–Crippen MR) is 458 cm³/mol. The number of methoxy groups -OCH3 is 2. The van der Waals surface area contributed by atoms with Gasteiger partial charge in [-0.25, -0.2) is 58.6 Å². The Morgan fingerprint density at radius 1 is 0.479 bits per heavy atom. The molecule has 4 aromatic carbocycles. The van der Waals surface area contributed by atoms with Gasteiger partial charge in [-0.1, -0.05) is 49.5 Å². The summed E-state index contributed by atoms with van der Waals surface area (Å²) in [7, 11) is 7.20. The zero-order valence-electron chi connectivity index (χ0n) is 66.9. The molecule has 2 saturated carbocycles. The third kappa shape index (κ3) is 19.6. The Kier molecular flexibility index (Phi) is 27.2. The Morgan fingerprint density at radius 3 is 1.20 bits per heavy atom. The fourth-order valence-corrected chi connectivity index (χ4v) is 15.6. The van der Waals surface area contributed by atoms with Crippen molar-refractivity contribution in [1.29, 1.82) is 0 Å². The first-order valence-corrected chi connectivity index (χ1v) is 39.8. The Labute approximate surface area is 692 Å². The molecule has 2 atom stereocenters. The van der Waals surface area contributed by atoms with Crippen LogP contribution < -0.4 is 43.0 Å². The summed E-state index contributed by atoms with van der Waals surface area (Å²) < 4.78 is 23.6. The SMILES string of the molecule is C=CC(=O)N1CCC[C@@H](n2nc(-c3ccc(OC)cc3)c3c(N)ncnc32)C1.C=CC(=O)NC1CCC(n2nc(-c3ccc(Cl)cc3)c3c(N)ncnc32)CC1.C=CC(=O)NC1CCC(n2nc(-c3ccc(OCCOC)cc3)c3c(N)ncnc32)CC1.CN(C)C/C=C/C(=O)N1CCC[C@@H](n2nc(-c3ccc(O)cc3)c3c(N)ncnc32)C1. The number of piperidine rings is 2. The van der Waals surface area contributed by atoms with Gasteiger partial charge in [-0.05, 0) is 194 Å². The normalized spacial score (nSPS) is 18.0. The largest absolute Gasteiger partial charge is 0.508 e. The molecule has 2 aliphatic carbocycles. The topological polar surface area (TPSA) is 428 Å². The molecule has 0 spiro atoms. The predicted octanol–water partition coefficient (Wildman–Crippen LogP) is 10.9. The van der Waals surface area contributed by atoms with Crippen molar-refractivity contribution in [3.63, 3.8) is 0 Å². The summed E-state index contributed by atoms with van der Waals surface area (Å²) in [6.45, 7) is 14.9. The van der Waals surface area contributed by atoms with Gasteiger partial charge in [0.2, 0.25) is 23.6 Å². The minimum Gasteiger partial charge on any atom is -0.508 e. The smallest absolute Gasteiger partial charge is 0.246 e. The number of hydrogen-bond acceptors (Lipinski definition) is 25. The quantitative estimate of drug-likeness (QED) is 0.0259. The van der Waals surface area contributed by atoms with Crippen LogP contribution in [0.5, 0.6) is 17.2 Å². The maximum absolute atomic E-state index is 12.7. The molecule has 4 aliphatic rings. The van der Waals surface area contributed by atoms with Gasteiger partial charge in [-0.3, -0.25) is 19.2 Å². The van der Waals surface area contributed by atoms with Crippen LogP contribution in [0.2, 0.25) is 5.02 Å². The third-order valence-electron chi connectivity index (χ3n) is 21.5. The number of phenolic OH excluding ortho intramolecular Hbond substituents is 1. The average molecular weight is 1630 g/mol. The maximum atomic E-state index is 12.7. The summed E-state index contributed by atoms with van der Waals surface area (Å²) in [5.41, 5.74) is 34.0. The van der Waals surface area contributed by atoms with Crippen LogP contribution in [0.15, 0.2) is 172 Å². The Morgan fingerprint density at radius 2 is 0.840 bits per heavy atom. The molecular weight excluding hydrogens is 1530 g/mol. The number of aromatic nitrogens is 16. The summed E-state index contributed by atoms with van der Waals surface area (Å²) in [5.74, 6) is 2.96. The van der Waals surface area contributed by atoms with Crippen molar-refractivity contribution in [2.75, 3.05) is 97.2 Å². The lowest BCUT2D eigenvalue weighted by molar-refractivity contribution is -0.128. The molecule has 2 saturated heterocycles. The number of nitrogens with two attached hydrogens (primary N) is 4. The van der Waals surface area contributed by atoms with Crippen LogP contribution in [-0.4, -0.2) is 209 Å². The number of aromatic hydroxyl groups is 1. The van der Waals surface area contributed by atoms with Crippen LogP contribution in [0, 0.1) is 0 Å². The van der Waals surface area contributed by atoms with E-state index in [-0.39, 0.29) is 65.6 Å². The van der Waals surface area contributed by atoms with Gasteiger partial charge in [-0.2, -0.15) is 20.4 Å². The number of nitrogens with zero attached hydrogens (tertiary/aromatic N) is 19. The molecule has 0 unspecified atom stereocenters. The number of nitrogens with one attached hydrogen (secondary N) is 2. The second-order valence-electron chi connectivity index (χ2n) is 29.6. The fraction of sp³-hybridized carbons (Fsp3) is 0.341. The molecule has 0 radical (unpaired) electrons.